The zero-order valence-corrected chi connectivity index (χ0v) is 52.1. The molecule has 0 aromatic rings. The number of ether oxygens (including phenoxy) is 3. The molecule has 454 valence electrons. The summed E-state index contributed by atoms with van der Waals surface area (Å²) in [5.41, 5.74) is 0. The summed E-state index contributed by atoms with van der Waals surface area (Å²) < 4.78 is 17.0. The van der Waals surface area contributed by atoms with Crippen LogP contribution < -0.4 is 0 Å². The van der Waals surface area contributed by atoms with Crippen molar-refractivity contribution in [3.8, 4) is 0 Å². The topological polar surface area (TPSA) is 78.9 Å². The van der Waals surface area contributed by atoms with Gasteiger partial charge in [0.15, 0.2) is 6.10 Å². The maximum absolute atomic E-state index is 12.9. The van der Waals surface area contributed by atoms with E-state index in [2.05, 4.69) is 118 Å². The van der Waals surface area contributed by atoms with E-state index >= 15 is 0 Å². The Balaban J connectivity index is 4.40. The van der Waals surface area contributed by atoms with Crippen molar-refractivity contribution in [1.82, 2.24) is 0 Å². The molecule has 0 bridgehead atoms. The maximum Gasteiger partial charge on any atom is 0.306 e. The van der Waals surface area contributed by atoms with E-state index in [0.29, 0.717) is 19.3 Å². The van der Waals surface area contributed by atoms with Crippen LogP contribution in [0.3, 0.4) is 0 Å². The molecule has 1 atom stereocenters. The number of carbonyl (C=O) groups is 3. The minimum atomic E-state index is -0.794. The van der Waals surface area contributed by atoms with Gasteiger partial charge in [-0.1, -0.05) is 285 Å². The smallest absolute Gasteiger partial charge is 0.306 e. The normalized spacial score (nSPS) is 12.7. The Labute approximate surface area is 489 Å². The highest BCUT2D eigenvalue weighted by Crippen LogP contribution is 2.16. The van der Waals surface area contributed by atoms with Crippen LogP contribution in [0.1, 0.15) is 329 Å². The quantitative estimate of drug-likeness (QED) is 0.0261. The molecule has 0 saturated heterocycles. The predicted octanol–water partition coefficient (Wildman–Crippen LogP) is 23.2. The molecule has 0 radical (unpaired) electrons. The van der Waals surface area contributed by atoms with Gasteiger partial charge >= 0.3 is 17.9 Å². The Morgan fingerprint density at radius 2 is 0.494 bits per heavy atom. The molecule has 6 heteroatoms. The molecule has 0 fully saturated rings. The molecule has 0 spiro atoms. The highest BCUT2D eigenvalue weighted by molar-refractivity contribution is 5.71. The summed E-state index contributed by atoms with van der Waals surface area (Å²) in [6.07, 6.45) is 89.8. The summed E-state index contributed by atoms with van der Waals surface area (Å²) in [6, 6.07) is 0. The van der Waals surface area contributed by atoms with Crippen molar-refractivity contribution in [1.29, 1.82) is 0 Å². The second-order valence-electron chi connectivity index (χ2n) is 22.3. The second-order valence-corrected chi connectivity index (χ2v) is 22.3. The Morgan fingerprint density at radius 3 is 0.772 bits per heavy atom. The second kappa shape index (κ2) is 66.8. The van der Waals surface area contributed by atoms with Gasteiger partial charge in [-0.25, -0.2) is 0 Å². The lowest BCUT2D eigenvalue weighted by Gasteiger charge is -2.18. The lowest BCUT2D eigenvalue weighted by Crippen LogP contribution is -2.30. The minimum Gasteiger partial charge on any atom is -0.462 e. The van der Waals surface area contributed by atoms with Crippen LogP contribution in [-0.2, 0) is 28.6 Å². The number of allylic oxidation sites excluding steroid dienone is 16. The van der Waals surface area contributed by atoms with Crippen molar-refractivity contribution in [3.05, 3.63) is 97.2 Å². The first-order valence-corrected chi connectivity index (χ1v) is 33.7. The SMILES string of the molecule is CC/C=C\C/C=C\C/C=C\C/C=C\CCCCCCC(=O)OCC(COC(=O)CCCCCCCCCCCCC/C=C\C/C=C\CCCCCCC)OC(=O)CCCCCCCCCCC/C=C\C/C=C\CCCCCCC. The van der Waals surface area contributed by atoms with Crippen molar-refractivity contribution in [2.45, 2.75) is 335 Å². The first-order chi connectivity index (χ1) is 39.0. The number of esters is 3. The summed E-state index contributed by atoms with van der Waals surface area (Å²) in [5, 5.41) is 0. The molecule has 0 aliphatic carbocycles. The highest BCUT2D eigenvalue weighted by atomic mass is 16.6. The molecule has 6 nitrogen and oxygen atoms in total. The van der Waals surface area contributed by atoms with Gasteiger partial charge in [0, 0.05) is 19.3 Å². The van der Waals surface area contributed by atoms with E-state index in [9.17, 15) is 14.4 Å². The largest absolute Gasteiger partial charge is 0.462 e. The molecule has 79 heavy (non-hydrogen) atoms. The molecule has 0 aromatic heterocycles. The third-order valence-corrected chi connectivity index (χ3v) is 14.5. The van der Waals surface area contributed by atoms with Crippen LogP contribution in [0.5, 0.6) is 0 Å². The first-order valence-electron chi connectivity index (χ1n) is 33.7. The number of rotatable bonds is 61. The van der Waals surface area contributed by atoms with Crippen LogP contribution in [0.2, 0.25) is 0 Å². The van der Waals surface area contributed by atoms with Crippen LogP contribution in [-0.4, -0.2) is 37.2 Å². The summed E-state index contributed by atoms with van der Waals surface area (Å²) in [4.78, 5) is 38.4. The van der Waals surface area contributed by atoms with Crippen LogP contribution in [0.25, 0.3) is 0 Å². The van der Waals surface area contributed by atoms with Gasteiger partial charge in [-0.15, -0.1) is 0 Å². The maximum atomic E-state index is 12.9. The van der Waals surface area contributed by atoms with Crippen molar-refractivity contribution >= 4 is 17.9 Å². The molecular weight excluding hydrogens is 973 g/mol. The van der Waals surface area contributed by atoms with Gasteiger partial charge in [0.2, 0.25) is 0 Å². The van der Waals surface area contributed by atoms with Crippen molar-refractivity contribution in [2.24, 2.45) is 0 Å². The number of hydrogen-bond donors (Lipinski definition) is 0. The fourth-order valence-electron chi connectivity index (χ4n) is 9.50. The molecule has 0 aliphatic rings. The lowest BCUT2D eigenvalue weighted by atomic mass is 10.0. The van der Waals surface area contributed by atoms with Crippen molar-refractivity contribution in [3.63, 3.8) is 0 Å². The van der Waals surface area contributed by atoms with E-state index in [0.717, 1.165) is 109 Å². The summed E-state index contributed by atoms with van der Waals surface area (Å²) >= 11 is 0. The van der Waals surface area contributed by atoms with Gasteiger partial charge in [0.05, 0.1) is 0 Å². The lowest BCUT2D eigenvalue weighted by molar-refractivity contribution is -0.167. The van der Waals surface area contributed by atoms with E-state index in [1.165, 1.54) is 180 Å². The summed E-state index contributed by atoms with van der Waals surface area (Å²) in [5.74, 6) is -0.906. The van der Waals surface area contributed by atoms with Crippen molar-refractivity contribution in [2.75, 3.05) is 13.2 Å². The average Bonchev–Trinajstić information content (AvgIpc) is 3.45. The van der Waals surface area contributed by atoms with Gasteiger partial charge in [-0.3, -0.25) is 14.4 Å². The van der Waals surface area contributed by atoms with Gasteiger partial charge in [0.1, 0.15) is 13.2 Å². The molecule has 0 heterocycles. The first kappa shape index (κ1) is 75.3. The molecule has 0 saturated carbocycles. The summed E-state index contributed by atoms with van der Waals surface area (Å²) in [6.45, 7) is 6.52. The third kappa shape index (κ3) is 65.0. The van der Waals surface area contributed by atoms with Crippen LogP contribution in [0.15, 0.2) is 97.2 Å². The Hall–Kier alpha value is -3.67. The van der Waals surface area contributed by atoms with Crippen molar-refractivity contribution < 1.29 is 28.6 Å². The van der Waals surface area contributed by atoms with Crippen LogP contribution >= 0.6 is 0 Å². The van der Waals surface area contributed by atoms with E-state index < -0.39 is 6.10 Å². The summed E-state index contributed by atoms with van der Waals surface area (Å²) in [7, 11) is 0. The number of unbranched alkanes of at least 4 members (excludes halogenated alkanes) is 34. The average molecular weight is 1100 g/mol. The number of hydrogen-bond acceptors (Lipinski definition) is 6. The van der Waals surface area contributed by atoms with Crippen LogP contribution in [0.4, 0.5) is 0 Å². The van der Waals surface area contributed by atoms with Crippen LogP contribution in [0, 0.1) is 0 Å². The van der Waals surface area contributed by atoms with Gasteiger partial charge in [-0.2, -0.15) is 0 Å². The minimum absolute atomic E-state index is 0.0876. The van der Waals surface area contributed by atoms with E-state index in [4.69, 9.17) is 14.2 Å². The van der Waals surface area contributed by atoms with Gasteiger partial charge in [-0.05, 0) is 122 Å². The monoisotopic (exact) mass is 1100 g/mol. The van der Waals surface area contributed by atoms with E-state index in [1.54, 1.807) is 0 Å². The fourth-order valence-corrected chi connectivity index (χ4v) is 9.50. The molecule has 0 rings (SSSR count). The van der Waals surface area contributed by atoms with Gasteiger partial charge in [0.25, 0.3) is 0 Å². The Bertz CT molecular complexity index is 1540. The zero-order valence-electron chi connectivity index (χ0n) is 52.1. The standard InChI is InChI=1S/C73H126O6/c1-4-7-10-13-16-19-22-25-28-31-33-35-36-38-39-42-45-48-51-54-57-60-63-66-72(75)78-69-70(68-77-71(74)65-62-59-56-53-50-47-44-41-30-27-24-21-18-15-12-9-6-3)79-73(76)67-64-61-58-55-52-49-46-43-40-37-34-32-29-26-23-20-17-14-11-8-5-2/h9,12,18,21-23,25-27,30-34,44,47,70H,4-8,10-11,13-17,19-20,24,28-29,35-43,45-46,48-69H2,1-3H3/b12-9-,21-18-,25-22-,26-23-,30-27-,33-31-,34-32-,47-44-. The Morgan fingerprint density at radius 1 is 0.266 bits per heavy atom. The molecule has 0 amide bonds. The molecule has 0 aromatic carbocycles. The third-order valence-electron chi connectivity index (χ3n) is 14.5. The fraction of sp³-hybridized carbons (Fsp3) is 0.740. The van der Waals surface area contributed by atoms with E-state index in [1.807, 2.05) is 0 Å². The van der Waals surface area contributed by atoms with Gasteiger partial charge < -0.3 is 14.2 Å². The predicted molar refractivity (Wildman–Crippen MR) is 344 cm³/mol. The zero-order chi connectivity index (χ0) is 57.1. The number of carbonyl (C=O) groups excluding carboxylic acids is 3. The van der Waals surface area contributed by atoms with E-state index in [-0.39, 0.29) is 31.1 Å². The molecule has 0 aliphatic heterocycles. The molecule has 0 N–H and O–H groups in total. The Kier molecular flexibility index (Phi) is 63.7. The molecular formula is C73H126O6. The molecule has 1 unspecified atom stereocenters. The highest BCUT2D eigenvalue weighted by Gasteiger charge is 2.19.